The van der Waals surface area contributed by atoms with Crippen molar-refractivity contribution >= 4 is 11.7 Å². The Labute approximate surface area is 254 Å². The Balaban J connectivity index is 1.19. The van der Waals surface area contributed by atoms with E-state index in [0.717, 1.165) is 36.5 Å². The number of nitrogens with one attached hydrogen (secondary N) is 2. The summed E-state index contributed by atoms with van der Waals surface area (Å²) in [6.07, 6.45) is 19.4. The van der Waals surface area contributed by atoms with Gasteiger partial charge >= 0.3 is 0 Å². The number of rotatable bonds is 21. The highest BCUT2D eigenvalue weighted by molar-refractivity contribution is 6.02. The smallest absolute Gasteiger partial charge is 0.220 e. The highest BCUT2D eigenvalue weighted by Crippen LogP contribution is 2.54. The van der Waals surface area contributed by atoms with Gasteiger partial charge in [0.25, 0.3) is 0 Å². The molecule has 42 heavy (non-hydrogen) atoms. The molecule has 0 radical (unpaired) electrons. The quantitative estimate of drug-likeness (QED) is 0.116. The normalized spacial score (nSPS) is 17.8. The molecule has 1 amide bonds. The van der Waals surface area contributed by atoms with Crippen molar-refractivity contribution in [1.82, 2.24) is 10.6 Å². The molecule has 1 aliphatic carbocycles. The Hall–Kier alpha value is -2.66. The third-order valence-electron chi connectivity index (χ3n) is 9.05. The van der Waals surface area contributed by atoms with Gasteiger partial charge in [0.05, 0.1) is 6.61 Å². The lowest BCUT2D eigenvalue weighted by atomic mass is 9.99. The zero-order chi connectivity index (χ0) is 29.4. The van der Waals surface area contributed by atoms with Gasteiger partial charge in [-0.1, -0.05) is 126 Å². The van der Waals surface area contributed by atoms with Gasteiger partial charge in [0, 0.05) is 25.1 Å². The first-order chi connectivity index (χ1) is 20.7. The van der Waals surface area contributed by atoms with Crippen molar-refractivity contribution in [1.29, 1.82) is 0 Å². The molecule has 0 saturated heterocycles. The average Bonchev–Trinajstić information content (AvgIpc) is 3.80. The zero-order valence-electron chi connectivity index (χ0n) is 26.0. The summed E-state index contributed by atoms with van der Waals surface area (Å²) in [5, 5.41) is 6.46. The number of hydrogen-bond donors (Lipinski definition) is 2. The summed E-state index contributed by atoms with van der Waals surface area (Å²) in [6, 6.07) is 15.4. The lowest BCUT2D eigenvalue weighted by Gasteiger charge is -2.20. The van der Waals surface area contributed by atoms with Gasteiger partial charge in [0.1, 0.15) is 11.8 Å². The van der Waals surface area contributed by atoms with Crippen LogP contribution in [0.5, 0.6) is 5.75 Å². The van der Waals surface area contributed by atoms with E-state index in [1.54, 1.807) is 0 Å². The van der Waals surface area contributed by atoms with Crippen LogP contribution in [-0.2, 0) is 11.3 Å². The number of carbonyl (C=O) groups is 2. The van der Waals surface area contributed by atoms with E-state index >= 15 is 0 Å². The first-order valence-electron chi connectivity index (χ1n) is 17.0. The fraction of sp³-hybridized carbons (Fsp3) is 0.622. The summed E-state index contributed by atoms with van der Waals surface area (Å²) in [6.45, 7) is 4.02. The summed E-state index contributed by atoms with van der Waals surface area (Å²) in [7, 11) is 0. The Morgan fingerprint density at radius 1 is 0.857 bits per heavy atom. The fourth-order valence-corrected chi connectivity index (χ4v) is 6.32. The summed E-state index contributed by atoms with van der Waals surface area (Å²) >= 11 is 0. The second-order valence-corrected chi connectivity index (χ2v) is 12.6. The minimum atomic E-state index is -0.610. The third-order valence-corrected chi connectivity index (χ3v) is 9.05. The first kappa shape index (κ1) is 32.3. The Kier molecular flexibility index (Phi) is 13.9. The summed E-state index contributed by atoms with van der Waals surface area (Å²) < 4.78 is 6.02. The van der Waals surface area contributed by atoms with Crippen LogP contribution < -0.4 is 15.4 Å². The molecule has 2 aliphatic rings. The molecule has 0 aromatic heterocycles. The van der Waals surface area contributed by atoms with E-state index in [-0.39, 0.29) is 11.7 Å². The molecule has 4 rings (SSSR count). The largest absolute Gasteiger partial charge is 0.493 e. The van der Waals surface area contributed by atoms with Gasteiger partial charge < -0.3 is 15.4 Å². The number of unbranched alkanes of at least 4 members (excludes halogenated alkanes) is 12. The maximum Gasteiger partial charge on any atom is 0.220 e. The topological polar surface area (TPSA) is 67.4 Å². The average molecular weight is 575 g/mol. The molecule has 5 heteroatoms. The van der Waals surface area contributed by atoms with Gasteiger partial charge in [-0.15, -0.1) is 0 Å². The molecule has 1 fully saturated rings. The van der Waals surface area contributed by atoms with E-state index < -0.39 is 6.04 Å². The van der Waals surface area contributed by atoms with Crippen LogP contribution in [0.1, 0.15) is 137 Å². The predicted molar refractivity (Wildman–Crippen MR) is 172 cm³/mol. The van der Waals surface area contributed by atoms with E-state index in [9.17, 15) is 9.59 Å². The molecule has 0 bridgehead atoms. The van der Waals surface area contributed by atoms with Gasteiger partial charge in [0.2, 0.25) is 5.91 Å². The van der Waals surface area contributed by atoms with E-state index in [1.807, 2.05) is 30.3 Å². The molecule has 2 aromatic rings. The van der Waals surface area contributed by atoms with Crippen molar-refractivity contribution in [3.05, 3.63) is 65.2 Å². The second-order valence-electron chi connectivity index (χ2n) is 12.6. The van der Waals surface area contributed by atoms with Crippen molar-refractivity contribution in [3.8, 4) is 5.75 Å². The first-order valence-corrected chi connectivity index (χ1v) is 17.0. The summed E-state index contributed by atoms with van der Waals surface area (Å²) in [5.74, 6) is 2.06. The number of benzene rings is 2. The van der Waals surface area contributed by atoms with Crippen LogP contribution in [0.4, 0.5) is 0 Å². The molecule has 5 nitrogen and oxygen atoms in total. The number of Topliss-reactive ketones (excluding diaryl/α,β-unsaturated/α-hetero) is 1. The number of ketones is 1. The van der Waals surface area contributed by atoms with Gasteiger partial charge in [-0.05, 0) is 48.3 Å². The molecular weight excluding hydrogens is 520 g/mol. The van der Waals surface area contributed by atoms with Crippen LogP contribution in [0.25, 0.3) is 0 Å². The van der Waals surface area contributed by atoms with Gasteiger partial charge in [0.15, 0.2) is 5.78 Å². The van der Waals surface area contributed by atoms with Crippen LogP contribution in [0, 0.1) is 5.92 Å². The van der Waals surface area contributed by atoms with Gasteiger partial charge in [-0.25, -0.2) is 0 Å². The van der Waals surface area contributed by atoms with Crippen molar-refractivity contribution in [2.45, 2.75) is 128 Å². The second kappa shape index (κ2) is 18.1. The van der Waals surface area contributed by atoms with E-state index in [4.69, 9.17) is 4.74 Å². The Morgan fingerprint density at radius 2 is 1.52 bits per heavy atom. The molecule has 1 saturated carbocycles. The molecule has 2 aromatic carbocycles. The minimum Gasteiger partial charge on any atom is -0.493 e. The Bertz CT molecular complexity index is 1090. The number of carbonyl (C=O) groups excluding carboxylic acids is 2. The number of amides is 1. The molecule has 2 N–H and O–H groups in total. The highest BCUT2D eigenvalue weighted by Gasteiger charge is 2.41. The lowest BCUT2D eigenvalue weighted by molar-refractivity contribution is -0.121. The van der Waals surface area contributed by atoms with Crippen molar-refractivity contribution < 1.29 is 14.3 Å². The van der Waals surface area contributed by atoms with E-state index in [1.165, 1.54) is 82.6 Å². The van der Waals surface area contributed by atoms with Gasteiger partial charge in [-0.3, -0.25) is 9.59 Å². The number of fused-ring (bicyclic) bond motifs is 3. The van der Waals surface area contributed by atoms with Crippen molar-refractivity contribution in [3.63, 3.8) is 0 Å². The molecule has 0 spiro atoms. The molecular formula is C37H54N2O3. The van der Waals surface area contributed by atoms with Crippen molar-refractivity contribution in [2.75, 3.05) is 13.2 Å². The molecule has 1 heterocycles. The van der Waals surface area contributed by atoms with Crippen molar-refractivity contribution in [2.24, 2.45) is 5.92 Å². The fourth-order valence-electron chi connectivity index (χ4n) is 6.32. The van der Waals surface area contributed by atoms with Crippen LogP contribution in [0.15, 0.2) is 48.5 Å². The SMILES string of the molecule is CCCCCCCCCCCCCCCC(=O)N[C@H](CNCc1ccccc1)C(=O)c1ccc2c(c1)OCCC1CC21. The standard InChI is InChI=1S/C37H54N2O3/c1-2-3-4-5-6-7-8-9-10-11-12-13-17-20-36(40)39-34(28-38-27-29-18-15-14-16-19-29)37(41)31-21-22-32-33-25-30(33)23-24-42-35(32)26-31/h14-16,18-19,21-22,26,30,33-34,38H,2-13,17,20,23-25,27-28H2,1H3,(H,39,40)/t30?,33?,34-/m1/s1. The predicted octanol–water partition coefficient (Wildman–Crippen LogP) is 8.51. The monoisotopic (exact) mass is 574 g/mol. The number of ether oxygens (including phenoxy) is 1. The number of hydrogen-bond acceptors (Lipinski definition) is 4. The van der Waals surface area contributed by atoms with Gasteiger partial charge in [-0.2, -0.15) is 0 Å². The summed E-state index contributed by atoms with van der Waals surface area (Å²) in [5.41, 5.74) is 3.00. The van der Waals surface area contributed by atoms with E-state index in [2.05, 4.69) is 35.8 Å². The lowest BCUT2D eigenvalue weighted by Crippen LogP contribution is -2.47. The minimum absolute atomic E-state index is 0.0373. The van der Waals surface area contributed by atoms with Crippen LogP contribution in [0.3, 0.4) is 0 Å². The van der Waals surface area contributed by atoms with E-state index in [0.29, 0.717) is 37.6 Å². The Morgan fingerprint density at radius 3 is 2.21 bits per heavy atom. The van der Waals surface area contributed by atoms with Crippen LogP contribution in [0.2, 0.25) is 0 Å². The summed E-state index contributed by atoms with van der Waals surface area (Å²) in [4.78, 5) is 26.6. The highest BCUT2D eigenvalue weighted by atomic mass is 16.5. The molecule has 1 aliphatic heterocycles. The van der Waals surface area contributed by atoms with Crippen LogP contribution >= 0.6 is 0 Å². The van der Waals surface area contributed by atoms with Crippen LogP contribution in [-0.4, -0.2) is 30.9 Å². The third kappa shape index (κ3) is 10.9. The zero-order valence-corrected chi connectivity index (χ0v) is 26.0. The maximum atomic E-state index is 13.7. The molecule has 2 unspecified atom stereocenters. The maximum absolute atomic E-state index is 13.7. The molecule has 3 atom stereocenters. The molecule has 230 valence electrons.